The molecule has 2 rings (SSSR count). The molecule has 2 aromatic rings. The number of hydrogen-bond acceptors (Lipinski definition) is 2. The molecule has 1 aromatic carbocycles. The molecule has 0 aliphatic carbocycles. The fourth-order valence-electron chi connectivity index (χ4n) is 1.52. The maximum Gasteiger partial charge on any atom is 0.256 e. The number of rotatable bonds is 2. The number of carbonyl (C=O) groups is 1. The summed E-state index contributed by atoms with van der Waals surface area (Å²) in [6.45, 7) is 1.72. The van der Waals surface area contributed by atoms with Crippen LogP contribution >= 0.6 is 27.5 Å². The fourth-order valence-corrected chi connectivity index (χ4v) is 2.14. The second-order valence-electron chi connectivity index (χ2n) is 3.85. The van der Waals surface area contributed by atoms with Crippen molar-refractivity contribution < 1.29 is 9.18 Å². The van der Waals surface area contributed by atoms with Gasteiger partial charge >= 0.3 is 0 Å². The number of aromatic nitrogens is 1. The van der Waals surface area contributed by atoms with Gasteiger partial charge in [-0.15, -0.1) is 0 Å². The molecule has 19 heavy (non-hydrogen) atoms. The van der Waals surface area contributed by atoms with Gasteiger partial charge in [0.25, 0.3) is 5.91 Å². The highest BCUT2D eigenvalue weighted by Crippen LogP contribution is 2.21. The quantitative estimate of drug-likeness (QED) is 0.831. The summed E-state index contributed by atoms with van der Waals surface area (Å²) in [7, 11) is 0. The second-order valence-corrected chi connectivity index (χ2v) is 5.09. The normalized spacial score (nSPS) is 10.3. The van der Waals surface area contributed by atoms with Gasteiger partial charge in [-0.3, -0.25) is 4.79 Å². The van der Waals surface area contributed by atoms with Crippen molar-refractivity contribution in [3.63, 3.8) is 0 Å². The van der Waals surface area contributed by atoms with Gasteiger partial charge in [-0.05, 0) is 53.2 Å². The summed E-state index contributed by atoms with van der Waals surface area (Å²) < 4.78 is 13.7. The molecule has 3 nitrogen and oxygen atoms in total. The van der Waals surface area contributed by atoms with Gasteiger partial charge in [0.2, 0.25) is 0 Å². The molecule has 0 unspecified atom stereocenters. The number of anilines is 1. The molecule has 0 saturated carbocycles. The SMILES string of the molecule is Cc1nc(Cl)ccc1NC(=O)c1cc(F)ccc1Br. The molecular formula is C13H9BrClFN2O. The summed E-state index contributed by atoms with van der Waals surface area (Å²) in [5, 5.41) is 3.01. The van der Waals surface area contributed by atoms with Gasteiger partial charge < -0.3 is 5.32 Å². The average molecular weight is 344 g/mol. The van der Waals surface area contributed by atoms with Crippen LogP contribution in [0.2, 0.25) is 5.15 Å². The highest BCUT2D eigenvalue weighted by molar-refractivity contribution is 9.10. The van der Waals surface area contributed by atoms with Gasteiger partial charge in [0, 0.05) is 4.47 Å². The van der Waals surface area contributed by atoms with E-state index in [0.717, 1.165) is 6.07 Å². The fraction of sp³-hybridized carbons (Fsp3) is 0.0769. The Labute approximate surface area is 122 Å². The summed E-state index contributed by atoms with van der Waals surface area (Å²) in [6, 6.07) is 7.14. The lowest BCUT2D eigenvalue weighted by atomic mass is 10.2. The third-order valence-electron chi connectivity index (χ3n) is 2.47. The lowest BCUT2D eigenvalue weighted by molar-refractivity contribution is 0.102. The maximum atomic E-state index is 13.1. The van der Waals surface area contributed by atoms with E-state index in [-0.39, 0.29) is 5.56 Å². The predicted molar refractivity (Wildman–Crippen MR) is 76.0 cm³/mol. The van der Waals surface area contributed by atoms with Crippen LogP contribution in [0.5, 0.6) is 0 Å². The summed E-state index contributed by atoms with van der Waals surface area (Å²) >= 11 is 8.95. The molecule has 1 aromatic heterocycles. The number of halogens is 3. The Morgan fingerprint density at radius 3 is 2.79 bits per heavy atom. The molecule has 0 atom stereocenters. The van der Waals surface area contributed by atoms with E-state index in [1.807, 2.05) is 0 Å². The molecule has 1 amide bonds. The molecule has 0 bridgehead atoms. The van der Waals surface area contributed by atoms with E-state index >= 15 is 0 Å². The molecule has 98 valence electrons. The number of nitrogens with one attached hydrogen (secondary N) is 1. The van der Waals surface area contributed by atoms with Crippen molar-refractivity contribution >= 4 is 39.1 Å². The maximum absolute atomic E-state index is 13.1. The lowest BCUT2D eigenvalue weighted by Crippen LogP contribution is -2.14. The van der Waals surface area contributed by atoms with Crippen molar-refractivity contribution in [2.75, 3.05) is 5.32 Å². The Morgan fingerprint density at radius 2 is 2.11 bits per heavy atom. The Morgan fingerprint density at radius 1 is 1.37 bits per heavy atom. The van der Waals surface area contributed by atoms with Crippen LogP contribution in [0.3, 0.4) is 0 Å². The van der Waals surface area contributed by atoms with Crippen molar-refractivity contribution in [2.45, 2.75) is 6.92 Å². The monoisotopic (exact) mass is 342 g/mol. The predicted octanol–water partition coefficient (Wildman–Crippen LogP) is 4.20. The van der Waals surface area contributed by atoms with Crippen molar-refractivity contribution in [3.8, 4) is 0 Å². The standard InChI is InChI=1S/C13H9BrClFN2O/c1-7-11(4-5-12(15)17-7)18-13(19)9-6-8(16)2-3-10(9)14/h2-6H,1H3,(H,18,19). The third kappa shape index (κ3) is 3.30. The number of benzene rings is 1. The topological polar surface area (TPSA) is 42.0 Å². The largest absolute Gasteiger partial charge is 0.320 e. The van der Waals surface area contributed by atoms with Gasteiger partial charge in [0.05, 0.1) is 16.9 Å². The molecule has 1 N–H and O–H groups in total. The summed E-state index contributed by atoms with van der Waals surface area (Å²) in [5.74, 6) is -0.891. The van der Waals surface area contributed by atoms with Crippen LogP contribution in [-0.2, 0) is 0 Å². The minimum Gasteiger partial charge on any atom is -0.320 e. The summed E-state index contributed by atoms with van der Waals surface area (Å²) in [6.07, 6.45) is 0. The molecule has 0 spiro atoms. The molecule has 0 fully saturated rings. The zero-order valence-electron chi connectivity index (χ0n) is 9.88. The third-order valence-corrected chi connectivity index (χ3v) is 3.38. The van der Waals surface area contributed by atoms with Crippen LogP contribution in [0.4, 0.5) is 10.1 Å². The summed E-state index contributed by atoms with van der Waals surface area (Å²) in [5.41, 5.74) is 1.34. The molecule has 1 heterocycles. The molecule has 0 radical (unpaired) electrons. The van der Waals surface area contributed by atoms with E-state index < -0.39 is 11.7 Å². The van der Waals surface area contributed by atoms with Crippen LogP contribution in [0.25, 0.3) is 0 Å². The van der Waals surface area contributed by atoms with E-state index in [1.165, 1.54) is 12.1 Å². The van der Waals surface area contributed by atoms with Crippen LogP contribution in [0.15, 0.2) is 34.8 Å². The highest BCUT2D eigenvalue weighted by atomic mass is 79.9. The minimum absolute atomic E-state index is 0.217. The lowest BCUT2D eigenvalue weighted by Gasteiger charge is -2.09. The van der Waals surface area contributed by atoms with E-state index in [4.69, 9.17) is 11.6 Å². The van der Waals surface area contributed by atoms with Gasteiger partial charge in [0.1, 0.15) is 11.0 Å². The molecular weight excluding hydrogens is 335 g/mol. The molecule has 0 aliphatic heterocycles. The van der Waals surface area contributed by atoms with E-state index in [9.17, 15) is 9.18 Å². The molecule has 0 saturated heterocycles. The first-order valence-corrected chi connectivity index (χ1v) is 6.54. The Kier molecular flexibility index (Phi) is 4.17. The molecule has 6 heteroatoms. The zero-order chi connectivity index (χ0) is 14.0. The number of hydrogen-bond donors (Lipinski definition) is 1. The van der Waals surface area contributed by atoms with Crippen molar-refractivity contribution in [1.82, 2.24) is 4.98 Å². The van der Waals surface area contributed by atoms with Crippen LogP contribution in [-0.4, -0.2) is 10.9 Å². The van der Waals surface area contributed by atoms with Crippen LogP contribution < -0.4 is 5.32 Å². The number of pyridine rings is 1. The first-order chi connectivity index (χ1) is 8.97. The molecule has 0 aliphatic rings. The number of nitrogens with zero attached hydrogens (tertiary/aromatic N) is 1. The second kappa shape index (κ2) is 5.67. The smallest absolute Gasteiger partial charge is 0.256 e. The number of carbonyl (C=O) groups excluding carboxylic acids is 1. The van der Waals surface area contributed by atoms with E-state index in [0.29, 0.717) is 21.0 Å². The Balaban J connectivity index is 2.28. The first kappa shape index (κ1) is 14.0. The Bertz CT molecular complexity index is 649. The van der Waals surface area contributed by atoms with Crippen LogP contribution in [0.1, 0.15) is 16.1 Å². The Hall–Kier alpha value is -1.46. The van der Waals surface area contributed by atoms with Crippen molar-refractivity contribution in [2.24, 2.45) is 0 Å². The zero-order valence-corrected chi connectivity index (χ0v) is 12.2. The number of amides is 1. The summed E-state index contributed by atoms with van der Waals surface area (Å²) in [4.78, 5) is 16.1. The van der Waals surface area contributed by atoms with Gasteiger partial charge in [-0.1, -0.05) is 11.6 Å². The van der Waals surface area contributed by atoms with E-state index in [1.54, 1.807) is 19.1 Å². The van der Waals surface area contributed by atoms with Crippen molar-refractivity contribution in [3.05, 3.63) is 57.0 Å². The minimum atomic E-state index is -0.473. The highest BCUT2D eigenvalue weighted by Gasteiger charge is 2.13. The number of aryl methyl sites for hydroxylation is 1. The van der Waals surface area contributed by atoms with Crippen LogP contribution in [0, 0.1) is 12.7 Å². The van der Waals surface area contributed by atoms with Gasteiger partial charge in [-0.2, -0.15) is 0 Å². The van der Waals surface area contributed by atoms with Gasteiger partial charge in [0.15, 0.2) is 0 Å². The van der Waals surface area contributed by atoms with E-state index in [2.05, 4.69) is 26.2 Å². The van der Waals surface area contributed by atoms with Crippen molar-refractivity contribution in [1.29, 1.82) is 0 Å². The average Bonchev–Trinajstić information content (AvgIpc) is 2.35. The van der Waals surface area contributed by atoms with Gasteiger partial charge in [-0.25, -0.2) is 9.37 Å². The first-order valence-electron chi connectivity index (χ1n) is 5.37.